The first kappa shape index (κ1) is 22.9. The number of unbranched alkanes of at least 4 members (excludes halogenated alkanes) is 2. The highest BCUT2D eigenvalue weighted by molar-refractivity contribution is 7.22. The molecular weight excluding hydrogens is 430 g/mol. The van der Waals surface area contributed by atoms with Gasteiger partial charge < -0.3 is 10.1 Å². The molecule has 2 aromatic heterocycles. The van der Waals surface area contributed by atoms with Crippen LogP contribution in [0.3, 0.4) is 0 Å². The fourth-order valence-corrected chi connectivity index (χ4v) is 5.09. The van der Waals surface area contributed by atoms with Crippen LogP contribution in [0.25, 0.3) is 31.8 Å². The summed E-state index contributed by atoms with van der Waals surface area (Å²) in [5, 5.41) is 4.60. The lowest BCUT2D eigenvalue weighted by Gasteiger charge is -2.10. The first-order valence-electron chi connectivity index (χ1n) is 11.4. The van der Waals surface area contributed by atoms with Gasteiger partial charge in [-0.05, 0) is 36.0 Å². The molecule has 0 saturated carbocycles. The maximum absolute atomic E-state index is 11.3. The molecule has 33 heavy (non-hydrogen) atoms. The van der Waals surface area contributed by atoms with Crippen molar-refractivity contribution in [1.29, 1.82) is 0 Å². The van der Waals surface area contributed by atoms with Crippen molar-refractivity contribution in [2.24, 2.45) is 0 Å². The van der Waals surface area contributed by atoms with Crippen molar-refractivity contribution >= 4 is 33.3 Å². The number of esters is 1. The molecule has 0 atom stereocenters. The van der Waals surface area contributed by atoms with Gasteiger partial charge in [0.15, 0.2) is 0 Å². The Hall–Kier alpha value is -3.25. The quantitative estimate of drug-likeness (QED) is 0.210. The summed E-state index contributed by atoms with van der Waals surface area (Å²) in [7, 11) is 1.43. The van der Waals surface area contributed by atoms with Crippen molar-refractivity contribution in [3.8, 4) is 21.6 Å². The van der Waals surface area contributed by atoms with Crippen molar-refractivity contribution in [3.63, 3.8) is 0 Å². The van der Waals surface area contributed by atoms with E-state index in [9.17, 15) is 4.79 Å². The number of ether oxygens (including phenoxy) is 1. The van der Waals surface area contributed by atoms with E-state index < -0.39 is 0 Å². The zero-order valence-corrected chi connectivity index (χ0v) is 20.0. The number of aryl methyl sites for hydroxylation is 1. The third-order valence-corrected chi connectivity index (χ3v) is 6.90. The van der Waals surface area contributed by atoms with Crippen LogP contribution in [0.4, 0.5) is 5.82 Å². The van der Waals surface area contributed by atoms with Crippen molar-refractivity contribution in [2.45, 2.75) is 39.0 Å². The number of hydrogen-bond donors (Lipinski definition) is 1. The molecule has 4 aromatic rings. The maximum atomic E-state index is 11.3. The Morgan fingerprint density at radius 1 is 0.970 bits per heavy atom. The third kappa shape index (κ3) is 5.40. The number of carbonyl (C=O) groups excluding carboxylic acids is 1. The average molecular weight is 460 g/mol. The number of aromatic nitrogens is 2. The molecule has 5 nitrogen and oxygen atoms in total. The predicted molar refractivity (Wildman–Crippen MR) is 137 cm³/mol. The first-order valence-corrected chi connectivity index (χ1v) is 12.3. The molecule has 170 valence electrons. The van der Waals surface area contributed by atoms with E-state index >= 15 is 0 Å². The van der Waals surface area contributed by atoms with Gasteiger partial charge in [0.05, 0.1) is 12.5 Å². The normalized spacial score (nSPS) is 11.0. The zero-order valence-electron chi connectivity index (χ0n) is 19.1. The standard InChI is InChI=1S/C27H29N3O2S/c1-3-19-13-15-20(16-14-19)23-24-26(28-17-9-5-8-12-22(31)32-2)29-18-30-27(24)33-25(23)21-10-6-4-7-11-21/h4,6-7,10-11,13-16,18H,3,5,8-9,12,17H2,1-2H3,(H,28,29,30). The minimum Gasteiger partial charge on any atom is -0.469 e. The van der Waals surface area contributed by atoms with E-state index in [4.69, 9.17) is 4.74 Å². The van der Waals surface area contributed by atoms with Crippen LogP contribution in [-0.4, -0.2) is 29.6 Å². The highest BCUT2D eigenvalue weighted by Gasteiger charge is 2.20. The Labute approximate surface area is 198 Å². The zero-order chi connectivity index (χ0) is 23.0. The van der Waals surface area contributed by atoms with Crippen molar-refractivity contribution in [2.75, 3.05) is 19.0 Å². The highest BCUT2D eigenvalue weighted by Crippen LogP contribution is 2.46. The summed E-state index contributed by atoms with van der Waals surface area (Å²) in [5.74, 6) is 0.715. The van der Waals surface area contributed by atoms with Gasteiger partial charge in [0.25, 0.3) is 0 Å². The second kappa shape index (κ2) is 11.1. The molecule has 6 heteroatoms. The lowest BCUT2D eigenvalue weighted by Crippen LogP contribution is -2.05. The monoisotopic (exact) mass is 459 g/mol. The molecule has 4 rings (SSSR count). The van der Waals surface area contributed by atoms with E-state index in [2.05, 4.69) is 70.7 Å². The molecule has 0 unspecified atom stereocenters. The van der Waals surface area contributed by atoms with Crippen LogP contribution < -0.4 is 5.32 Å². The molecule has 1 N–H and O–H groups in total. The van der Waals surface area contributed by atoms with Gasteiger partial charge in [-0.3, -0.25) is 4.79 Å². The predicted octanol–water partition coefficient (Wildman–Crippen LogP) is 6.73. The molecule has 0 amide bonds. The second-order valence-corrected chi connectivity index (χ2v) is 8.94. The van der Waals surface area contributed by atoms with Crippen molar-refractivity contribution in [3.05, 3.63) is 66.5 Å². The summed E-state index contributed by atoms with van der Waals surface area (Å²) in [6, 6.07) is 19.3. The molecule has 0 aliphatic rings. The van der Waals surface area contributed by atoms with Gasteiger partial charge in [-0.25, -0.2) is 9.97 Å². The van der Waals surface area contributed by atoms with Crippen LogP contribution in [0.2, 0.25) is 0 Å². The molecule has 2 heterocycles. The number of anilines is 1. The van der Waals surface area contributed by atoms with Gasteiger partial charge in [-0.2, -0.15) is 0 Å². The Morgan fingerprint density at radius 2 is 1.76 bits per heavy atom. The third-order valence-electron chi connectivity index (χ3n) is 5.75. The maximum Gasteiger partial charge on any atom is 0.305 e. The molecule has 0 radical (unpaired) electrons. The number of nitrogens with zero attached hydrogens (tertiary/aromatic N) is 2. The van der Waals surface area contributed by atoms with Gasteiger partial charge in [0, 0.05) is 23.4 Å². The van der Waals surface area contributed by atoms with Crippen molar-refractivity contribution < 1.29 is 9.53 Å². The van der Waals surface area contributed by atoms with Crippen LogP contribution >= 0.6 is 11.3 Å². The molecule has 0 aliphatic carbocycles. The number of nitrogens with one attached hydrogen (secondary N) is 1. The van der Waals surface area contributed by atoms with E-state index in [1.165, 1.54) is 34.2 Å². The molecule has 0 bridgehead atoms. The van der Waals surface area contributed by atoms with E-state index in [0.717, 1.165) is 48.3 Å². The largest absolute Gasteiger partial charge is 0.469 e. The summed E-state index contributed by atoms with van der Waals surface area (Å²) in [5.41, 5.74) is 4.86. The Bertz CT molecular complexity index is 1200. The van der Waals surface area contributed by atoms with Crippen LogP contribution in [-0.2, 0) is 16.0 Å². The highest BCUT2D eigenvalue weighted by atomic mass is 32.1. The number of hydrogen-bond acceptors (Lipinski definition) is 6. The number of benzene rings is 2. The number of fused-ring (bicyclic) bond motifs is 1. The Balaban J connectivity index is 1.66. The van der Waals surface area contributed by atoms with Gasteiger partial charge >= 0.3 is 5.97 Å². The van der Waals surface area contributed by atoms with Crippen LogP contribution in [0.5, 0.6) is 0 Å². The second-order valence-electron chi connectivity index (χ2n) is 7.94. The summed E-state index contributed by atoms with van der Waals surface area (Å²) >= 11 is 1.71. The van der Waals surface area contributed by atoms with Crippen LogP contribution in [0, 0.1) is 0 Å². The SMILES string of the molecule is CCc1ccc(-c2c(-c3ccccc3)sc3ncnc(NCCCCCC(=O)OC)c23)cc1. The average Bonchev–Trinajstić information content (AvgIpc) is 3.27. The number of methoxy groups -OCH3 is 1. The van der Waals surface area contributed by atoms with E-state index in [-0.39, 0.29) is 5.97 Å². The molecule has 2 aromatic carbocycles. The minimum atomic E-state index is -0.147. The summed E-state index contributed by atoms with van der Waals surface area (Å²) in [6.07, 6.45) is 5.87. The smallest absolute Gasteiger partial charge is 0.305 e. The molecule has 0 fully saturated rings. The minimum absolute atomic E-state index is 0.147. The Morgan fingerprint density at radius 3 is 2.48 bits per heavy atom. The lowest BCUT2D eigenvalue weighted by molar-refractivity contribution is -0.140. The lowest BCUT2D eigenvalue weighted by atomic mass is 9.98. The number of carbonyl (C=O) groups is 1. The summed E-state index contributed by atoms with van der Waals surface area (Å²) in [4.78, 5) is 22.7. The molecule has 0 spiro atoms. The van der Waals surface area contributed by atoms with E-state index in [1.807, 2.05) is 6.07 Å². The summed E-state index contributed by atoms with van der Waals surface area (Å²) in [6.45, 7) is 2.96. The summed E-state index contributed by atoms with van der Waals surface area (Å²) < 4.78 is 4.71. The van der Waals surface area contributed by atoms with E-state index in [1.54, 1.807) is 17.7 Å². The Kier molecular flexibility index (Phi) is 7.68. The van der Waals surface area contributed by atoms with Gasteiger partial charge in [-0.1, -0.05) is 67.9 Å². The number of thiophene rings is 1. The van der Waals surface area contributed by atoms with Crippen LogP contribution in [0.1, 0.15) is 38.2 Å². The van der Waals surface area contributed by atoms with E-state index in [0.29, 0.717) is 6.42 Å². The topological polar surface area (TPSA) is 64.1 Å². The first-order chi connectivity index (χ1) is 16.2. The van der Waals surface area contributed by atoms with Gasteiger partial charge in [0.1, 0.15) is 17.0 Å². The fraction of sp³-hybridized carbons (Fsp3) is 0.296. The van der Waals surface area contributed by atoms with Gasteiger partial charge in [0.2, 0.25) is 0 Å². The van der Waals surface area contributed by atoms with Gasteiger partial charge in [-0.15, -0.1) is 11.3 Å². The molecule has 0 aliphatic heterocycles. The van der Waals surface area contributed by atoms with Crippen LogP contribution in [0.15, 0.2) is 60.9 Å². The number of rotatable bonds is 10. The molecular formula is C27H29N3O2S. The van der Waals surface area contributed by atoms with Crippen molar-refractivity contribution in [1.82, 2.24) is 9.97 Å². The molecule has 0 saturated heterocycles. The fourth-order valence-electron chi connectivity index (χ4n) is 3.92.